The van der Waals surface area contributed by atoms with E-state index in [2.05, 4.69) is 5.32 Å². The van der Waals surface area contributed by atoms with Crippen LogP contribution in [0.5, 0.6) is 0 Å². The summed E-state index contributed by atoms with van der Waals surface area (Å²) >= 11 is 0. The summed E-state index contributed by atoms with van der Waals surface area (Å²) in [5.74, 6) is -0.383. The van der Waals surface area contributed by atoms with Crippen molar-refractivity contribution in [3.8, 4) is 0 Å². The first-order valence-corrected chi connectivity index (χ1v) is 7.59. The molecule has 1 fully saturated rings. The first kappa shape index (κ1) is 13.8. The van der Waals surface area contributed by atoms with E-state index >= 15 is 0 Å². The van der Waals surface area contributed by atoms with Crippen molar-refractivity contribution in [1.29, 1.82) is 0 Å². The number of hydrogen-bond donors (Lipinski definition) is 1. The molecule has 1 aliphatic carbocycles. The Balaban J connectivity index is 1.68. The van der Waals surface area contributed by atoms with Gasteiger partial charge in [-0.2, -0.15) is 0 Å². The van der Waals surface area contributed by atoms with Gasteiger partial charge in [0.1, 0.15) is 11.1 Å². The standard InChI is InChI=1S/C19H15NO3/c21-17(20-19(10-11-19)14-7-2-1-3-8-14)15-12-13-6-4-5-9-16(13)23-18(15)22/h1-9,12H,10-11H2,(H,20,21). The molecule has 2 aromatic carbocycles. The molecule has 4 rings (SSSR count). The molecule has 0 unspecified atom stereocenters. The summed E-state index contributed by atoms with van der Waals surface area (Å²) < 4.78 is 5.24. The van der Waals surface area contributed by atoms with Crippen LogP contribution in [0.25, 0.3) is 11.0 Å². The van der Waals surface area contributed by atoms with Gasteiger partial charge in [0.25, 0.3) is 5.91 Å². The molecule has 114 valence electrons. The molecule has 0 saturated heterocycles. The Morgan fingerprint density at radius 1 is 1.00 bits per heavy atom. The summed E-state index contributed by atoms with van der Waals surface area (Å²) in [6.07, 6.45) is 1.75. The summed E-state index contributed by atoms with van der Waals surface area (Å²) in [6, 6.07) is 18.6. The SMILES string of the molecule is O=C(NC1(c2ccccc2)CC1)c1cc2ccccc2oc1=O. The highest BCUT2D eigenvalue weighted by Crippen LogP contribution is 2.45. The predicted octanol–water partition coefficient (Wildman–Crippen LogP) is 3.21. The lowest BCUT2D eigenvalue weighted by molar-refractivity contribution is 0.0927. The number of para-hydroxylation sites is 1. The van der Waals surface area contributed by atoms with E-state index in [-0.39, 0.29) is 17.0 Å². The Morgan fingerprint density at radius 3 is 2.43 bits per heavy atom. The van der Waals surface area contributed by atoms with Gasteiger partial charge in [0.15, 0.2) is 0 Å². The lowest BCUT2D eigenvalue weighted by Crippen LogP contribution is -2.37. The summed E-state index contributed by atoms with van der Waals surface area (Å²) in [5.41, 5.74) is 0.643. The molecule has 23 heavy (non-hydrogen) atoms. The number of fused-ring (bicyclic) bond motifs is 1. The van der Waals surface area contributed by atoms with E-state index in [1.165, 1.54) is 0 Å². The van der Waals surface area contributed by atoms with Gasteiger partial charge in [-0.05, 0) is 30.5 Å². The molecule has 1 aliphatic rings. The maximum absolute atomic E-state index is 12.6. The van der Waals surface area contributed by atoms with Gasteiger partial charge in [0.2, 0.25) is 0 Å². The second-order valence-electron chi connectivity index (χ2n) is 5.89. The molecule has 1 amide bonds. The lowest BCUT2D eigenvalue weighted by Gasteiger charge is -2.17. The molecule has 0 bridgehead atoms. The minimum absolute atomic E-state index is 0.0471. The summed E-state index contributed by atoms with van der Waals surface area (Å²) in [5, 5.41) is 3.74. The molecule has 0 aliphatic heterocycles. The summed E-state index contributed by atoms with van der Waals surface area (Å²) in [4.78, 5) is 24.7. The Bertz CT molecular complexity index is 939. The number of amides is 1. The molecule has 0 radical (unpaired) electrons. The number of carbonyl (C=O) groups excluding carboxylic acids is 1. The second kappa shape index (κ2) is 5.09. The first-order chi connectivity index (χ1) is 11.2. The van der Waals surface area contributed by atoms with Crippen molar-refractivity contribution in [2.75, 3.05) is 0 Å². The monoisotopic (exact) mass is 305 g/mol. The van der Waals surface area contributed by atoms with Gasteiger partial charge in [-0.25, -0.2) is 4.79 Å². The maximum Gasteiger partial charge on any atom is 0.349 e. The van der Waals surface area contributed by atoms with E-state index in [0.29, 0.717) is 5.58 Å². The molecule has 1 N–H and O–H groups in total. The molecule has 1 aromatic heterocycles. The normalized spacial score (nSPS) is 15.3. The van der Waals surface area contributed by atoms with E-state index < -0.39 is 5.63 Å². The molecule has 4 nitrogen and oxygen atoms in total. The molecule has 1 saturated carbocycles. The first-order valence-electron chi connectivity index (χ1n) is 7.59. The van der Waals surface area contributed by atoms with Crippen LogP contribution in [0.4, 0.5) is 0 Å². The second-order valence-corrected chi connectivity index (χ2v) is 5.89. The lowest BCUT2D eigenvalue weighted by atomic mass is 10.0. The molecule has 1 heterocycles. The van der Waals surface area contributed by atoms with Crippen LogP contribution in [-0.2, 0) is 5.54 Å². The van der Waals surface area contributed by atoms with E-state index in [9.17, 15) is 9.59 Å². The van der Waals surface area contributed by atoms with Crippen LogP contribution < -0.4 is 10.9 Å². The Kier molecular flexibility index (Phi) is 3.05. The molecule has 0 spiro atoms. The summed E-state index contributed by atoms with van der Waals surface area (Å²) in [7, 11) is 0. The molecular weight excluding hydrogens is 290 g/mol. The van der Waals surface area contributed by atoms with Crippen LogP contribution in [0.3, 0.4) is 0 Å². The number of rotatable bonds is 3. The van der Waals surface area contributed by atoms with Crippen molar-refractivity contribution in [2.45, 2.75) is 18.4 Å². The Morgan fingerprint density at radius 2 is 1.70 bits per heavy atom. The largest absolute Gasteiger partial charge is 0.422 e. The quantitative estimate of drug-likeness (QED) is 0.756. The van der Waals surface area contributed by atoms with Gasteiger partial charge in [-0.15, -0.1) is 0 Å². The van der Waals surface area contributed by atoms with Crippen LogP contribution in [0.2, 0.25) is 0 Å². The summed E-state index contributed by atoms with van der Waals surface area (Å²) in [6.45, 7) is 0. The van der Waals surface area contributed by atoms with E-state index in [1.807, 2.05) is 42.5 Å². The minimum atomic E-state index is -0.606. The highest BCUT2D eigenvalue weighted by atomic mass is 16.4. The maximum atomic E-state index is 12.6. The van der Waals surface area contributed by atoms with Gasteiger partial charge < -0.3 is 9.73 Å². The van der Waals surface area contributed by atoms with E-state index in [1.54, 1.807) is 18.2 Å². The van der Waals surface area contributed by atoms with Crippen molar-refractivity contribution in [1.82, 2.24) is 5.32 Å². The minimum Gasteiger partial charge on any atom is -0.422 e. The highest BCUT2D eigenvalue weighted by Gasteiger charge is 2.45. The fraction of sp³-hybridized carbons (Fsp3) is 0.158. The van der Waals surface area contributed by atoms with Crippen LogP contribution >= 0.6 is 0 Å². The van der Waals surface area contributed by atoms with Crippen molar-refractivity contribution in [3.63, 3.8) is 0 Å². The molecular formula is C19H15NO3. The Labute approximate surface area is 132 Å². The average molecular weight is 305 g/mol. The van der Waals surface area contributed by atoms with Crippen molar-refractivity contribution in [3.05, 3.63) is 82.2 Å². The highest BCUT2D eigenvalue weighted by molar-refractivity contribution is 5.97. The molecule has 0 atom stereocenters. The fourth-order valence-corrected chi connectivity index (χ4v) is 2.87. The smallest absolute Gasteiger partial charge is 0.349 e. The predicted molar refractivity (Wildman–Crippen MR) is 87.3 cm³/mol. The Hall–Kier alpha value is -2.88. The number of carbonyl (C=O) groups is 1. The van der Waals surface area contributed by atoms with Crippen molar-refractivity contribution < 1.29 is 9.21 Å². The van der Waals surface area contributed by atoms with Crippen molar-refractivity contribution >= 4 is 16.9 Å². The van der Waals surface area contributed by atoms with Gasteiger partial charge >= 0.3 is 5.63 Å². The molecule has 4 heteroatoms. The van der Waals surface area contributed by atoms with Crippen LogP contribution in [0, 0.1) is 0 Å². The topological polar surface area (TPSA) is 59.3 Å². The third kappa shape index (κ3) is 2.42. The van der Waals surface area contributed by atoms with Gasteiger partial charge in [0.05, 0.1) is 5.54 Å². The zero-order chi connectivity index (χ0) is 15.9. The third-order valence-corrected chi connectivity index (χ3v) is 4.32. The fourth-order valence-electron chi connectivity index (χ4n) is 2.87. The number of nitrogens with one attached hydrogen (secondary N) is 1. The molecule has 3 aromatic rings. The van der Waals surface area contributed by atoms with Gasteiger partial charge in [-0.1, -0.05) is 48.5 Å². The van der Waals surface area contributed by atoms with Crippen LogP contribution in [0.15, 0.2) is 69.9 Å². The van der Waals surface area contributed by atoms with Crippen molar-refractivity contribution in [2.24, 2.45) is 0 Å². The van der Waals surface area contributed by atoms with Gasteiger partial charge in [0, 0.05) is 5.39 Å². The van der Waals surface area contributed by atoms with Gasteiger partial charge in [-0.3, -0.25) is 4.79 Å². The zero-order valence-corrected chi connectivity index (χ0v) is 12.4. The zero-order valence-electron chi connectivity index (χ0n) is 12.4. The van der Waals surface area contributed by atoms with Crippen LogP contribution in [-0.4, -0.2) is 5.91 Å². The third-order valence-electron chi connectivity index (χ3n) is 4.32. The van der Waals surface area contributed by atoms with Crippen LogP contribution in [0.1, 0.15) is 28.8 Å². The number of hydrogen-bond acceptors (Lipinski definition) is 3. The van der Waals surface area contributed by atoms with E-state index in [0.717, 1.165) is 23.8 Å². The number of benzene rings is 2. The average Bonchev–Trinajstić information content (AvgIpc) is 3.35. The van der Waals surface area contributed by atoms with E-state index in [4.69, 9.17) is 4.42 Å².